The van der Waals surface area contributed by atoms with Crippen molar-refractivity contribution in [3.8, 4) is 0 Å². The molecule has 7 heteroatoms. The first kappa shape index (κ1) is 17.2. The van der Waals surface area contributed by atoms with E-state index in [4.69, 9.17) is 0 Å². The standard InChI is InChI=1S/C17H30N6O/c1-3-7-18-17(24)22-11-12-23-15(13-22)19-20-16(23)14-5-9-21(8-4-2)10-6-14/h14H,3-13H2,1-2H3,(H,18,24). The molecule has 0 aromatic carbocycles. The Morgan fingerprint density at radius 1 is 1.12 bits per heavy atom. The molecule has 2 aliphatic heterocycles. The molecule has 2 amide bonds. The van der Waals surface area contributed by atoms with Gasteiger partial charge in [-0.05, 0) is 45.3 Å². The van der Waals surface area contributed by atoms with Gasteiger partial charge in [0, 0.05) is 25.6 Å². The lowest BCUT2D eigenvalue weighted by Gasteiger charge is -2.33. The molecule has 0 unspecified atom stereocenters. The van der Waals surface area contributed by atoms with Gasteiger partial charge in [0.25, 0.3) is 0 Å². The highest BCUT2D eigenvalue weighted by Crippen LogP contribution is 2.28. The fourth-order valence-electron chi connectivity index (χ4n) is 3.73. The van der Waals surface area contributed by atoms with E-state index >= 15 is 0 Å². The van der Waals surface area contributed by atoms with Gasteiger partial charge in [-0.3, -0.25) is 0 Å². The molecule has 0 aliphatic carbocycles. The van der Waals surface area contributed by atoms with Crippen molar-refractivity contribution in [2.75, 3.05) is 32.7 Å². The Bertz CT molecular complexity index is 549. The fourth-order valence-corrected chi connectivity index (χ4v) is 3.73. The van der Waals surface area contributed by atoms with E-state index in [1.165, 1.54) is 25.8 Å². The van der Waals surface area contributed by atoms with Crippen LogP contribution in [0, 0.1) is 0 Å². The van der Waals surface area contributed by atoms with Crippen molar-refractivity contribution in [1.82, 2.24) is 29.9 Å². The van der Waals surface area contributed by atoms with Crippen LogP contribution in [0.3, 0.4) is 0 Å². The van der Waals surface area contributed by atoms with Crippen molar-refractivity contribution >= 4 is 6.03 Å². The average molecular weight is 334 g/mol. The Morgan fingerprint density at radius 3 is 2.62 bits per heavy atom. The summed E-state index contributed by atoms with van der Waals surface area (Å²) in [6.07, 6.45) is 4.51. The molecule has 24 heavy (non-hydrogen) atoms. The van der Waals surface area contributed by atoms with Crippen molar-refractivity contribution in [2.45, 2.75) is 58.5 Å². The number of aromatic nitrogens is 3. The summed E-state index contributed by atoms with van der Waals surface area (Å²) in [5, 5.41) is 11.8. The number of nitrogens with zero attached hydrogens (tertiary/aromatic N) is 5. The highest BCUT2D eigenvalue weighted by Gasteiger charge is 2.29. The molecule has 0 bridgehead atoms. The lowest BCUT2D eigenvalue weighted by Crippen LogP contribution is -2.44. The number of carbonyl (C=O) groups is 1. The number of amides is 2. The van der Waals surface area contributed by atoms with Crippen molar-refractivity contribution in [1.29, 1.82) is 0 Å². The van der Waals surface area contributed by atoms with Gasteiger partial charge in [-0.15, -0.1) is 10.2 Å². The Hall–Kier alpha value is -1.63. The topological polar surface area (TPSA) is 66.3 Å². The predicted molar refractivity (Wildman–Crippen MR) is 92.8 cm³/mol. The van der Waals surface area contributed by atoms with Gasteiger partial charge in [0.2, 0.25) is 0 Å². The quantitative estimate of drug-likeness (QED) is 0.892. The number of likely N-dealkylation sites (tertiary alicyclic amines) is 1. The molecule has 7 nitrogen and oxygen atoms in total. The maximum absolute atomic E-state index is 12.1. The number of nitrogens with one attached hydrogen (secondary N) is 1. The minimum atomic E-state index is 0.0144. The van der Waals surface area contributed by atoms with Crippen LogP contribution in [0.2, 0.25) is 0 Å². The minimum absolute atomic E-state index is 0.0144. The monoisotopic (exact) mass is 334 g/mol. The SMILES string of the molecule is CCCNC(=O)N1CCn2c(nnc2C2CCN(CCC)CC2)C1. The largest absolute Gasteiger partial charge is 0.338 e. The number of hydrogen-bond donors (Lipinski definition) is 1. The normalized spacial score (nSPS) is 19.3. The van der Waals surface area contributed by atoms with E-state index in [1.54, 1.807) is 0 Å². The van der Waals surface area contributed by atoms with Crippen LogP contribution in [0.1, 0.15) is 57.1 Å². The summed E-state index contributed by atoms with van der Waals surface area (Å²) in [5.41, 5.74) is 0. The number of urea groups is 1. The second kappa shape index (κ2) is 7.96. The number of carbonyl (C=O) groups excluding carboxylic acids is 1. The van der Waals surface area contributed by atoms with Crippen LogP contribution in [0.4, 0.5) is 4.79 Å². The number of hydrogen-bond acceptors (Lipinski definition) is 4. The summed E-state index contributed by atoms with van der Waals surface area (Å²) in [7, 11) is 0. The van der Waals surface area contributed by atoms with Crippen LogP contribution in [0.5, 0.6) is 0 Å². The zero-order valence-corrected chi connectivity index (χ0v) is 15.0. The number of piperidine rings is 1. The third-order valence-electron chi connectivity index (χ3n) is 5.09. The number of fused-ring (bicyclic) bond motifs is 1. The second-order valence-electron chi connectivity index (χ2n) is 6.90. The predicted octanol–water partition coefficient (Wildman–Crippen LogP) is 1.80. The zero-order valence-electron chi connectivity index (χ0n) is 15.0. The summed E-state index contributed by atoms with van der Waals surface area (Å²) < 4.78 is 2.25. The fraction of sp³-hybridized carbons (Fsp3) is 0.824. The average Bonchev–Trinajstić information content (AvgIpc) is 3.03. The number of rotatable bonds is 5. The molecule has 0 atom stereocenters. The molecular weight excluding hydrogens is 304 g/mol. The van der Waals surface area contributed by atoms with Crippen molar-refractivity contribution in [2.24, 2.45) is 0 Å². The van der Waals surface area contributed by atoms with Gasteiger partial charge in [-0.25, -0.2) is 4.79 Å². The van der Waals surface area contributed by atoms with Crippen LogP contribution < -0.4 is 5.32 Å². The maximum atomic E-state index is 12.1. The molecule has 3 rings (SSSR count). The molecule has 0 spiro atoms. The molecule has 1 saturated heterocycles. The third kappa shape index (κ3) is 3.71. The lowest BCUT2D eigenvalue weighted by atomic mass is 9.95. The second-order valence-corrected chi connectivity index (χ2v) is 6.90. The van der Waals surface area contributed by atoms with E-state index in [0.29, 0.717) is 12.5 Å². The Morgan fingerprint density at radius 2 is 1.92 bits per heavy atom. The molecule has 1 aromatic heterocycles. The molecule has 1 fully saturated rings. The molecule has 134 valence electrons. The van der Waals surface area contributed by atoms with Crippen molar-refractivity contribution in [3.63, 3.8) is 0 Å². The van der Waals surface area contributed by atoms with Gasteiger partial charge >= 0.3 is 6.03 Å². The molecular formula is C17H30N6O. The molecule has 0 radical (unpaired) electrons. The van der Waals surface area contributed by atoms with Gasteiger partial charge in [0.15, 0.2) is 5.82 Å². The zero-order chi connectivity index (χ0) is 16.9. The highest BCUT2D eigenvalue weighted by molar-refractivity contribution is 5.74. The highest BCUT2D eigenvalue weighted by atomic mass is 16.2. The van der Waals surface area contributed by atoms with Crippen molar-refractivity contribution < 1.29 is 4.79 Å². The molecule has 3 heterocycles. The molecule has 1 N–H and O–H groups in total. The first-order valence-electron chi connectivity index (χ1n) is 9.40. The van der Waals surface area contributed by atoms with E-state index in [2.05, 4.69) is 38.8 Å². The van der Waals surface area contributed by atoms with Crippen LogP contribution in [0.15, 0.2) is 0 Å². The molecule has 1 aromatic rings. The summed E-state index contributed by atoms with van der Waals surface area (Å²) >= 11 is 0. The van der Waals surface area contributed by atoms with Crippen molar-refractivity contribution in [3.05, 3.63) is 11.6 Å². The Kier molecular flexibility index (Phi) is 5.71. The Balaban J connectivity index is 1.60. The van der Waals surface area contributed by atoms with Gasteiger partial charge in [-0.2, -0.15) is 0 Å². The van der Waals surface area contributed by atoms with Gasteiger partial charge < -0.3 is 19.7 Å². The van der Waals surface area contributed by atoms with Gasteiger partial charge in [0.1, 0.15) is 5.82 Å². The van der Waals surface area contributed by atoms with E-state index in [1.807, 2.05) is 4.90 Å². The minimum Gasteiger partial charge on any atom is -0.338 e. The Labute approximate surface area is 144 Å². The lowest BCUT2D eigenvalue weighted by molar-refractivity contribution is 0.179. The summed E-state index contributed by atoms with van der Waals surface area (Å²) in [6, 6.07) is 0.0144. The summed E-state index contributed by atoms with van der Waals surface area (Å²) in [4.78, 5) is 16.5. The van der Waals surface area contributed by atoms with Gasteiger partial charge in [0.05, 0.1) is 6.54 Å². The van der Waals surface area contributed by atoms with E-state index in [0.717, 1.165) is 50.8 Å². The smallest absolute Gasteiger partial charge is 0.317 e. The first-order valence-corrected chi connectivity index (χ1v) is 9.40. The van der Waals surface area contributed by atoms with E-state index < -0.39 is 0 Å². The van der Waals surface area contributed by atoms with E-state index in [-0.39, 0.29) is 6.03 Å². The summed E-state index contributed by atoms with van der Waals surface area (Å²) in [5.74, 6) is 2.58. The van der Waals surface area contributed by atoms with Crippen LogP contribution in [0.25, 0.3) is 0 Å². The molecule has 2 aliphatic rings. The van der Waals surface area contributed by atoms with Gasteiger partial charge in [-0.1, -0.05) is 13.8 Å². The summed E-state index contributed by atoms with van der Waals surface area (Å²) in [6.45, 7) is 10.7. The first-order chi connectivity index (χ1) is 11.7. The van der Waals surface area contributed by atoms with Crippen LogP contribution in [-0.2, 0) is 13.1 Å². The van der Waals surface area contributed by atoms with Crippen LogP contribution in [-0.4, -0.2) is 63.3 Å². The van der Waals surface area contributed by atoms with E-state index in [9.17, 15) is 4.79 Å². The maximum Gasteiger partial charge on any atom is 0.317 e. The molecule has 0 saturated carbocycles. The third-order valence-corrected chi connectivity index (χ3v) is 5.09. The van der Waals surface area contributed by atoms with Crippen LogP contribution >= 0.6 is 0 Å².